The van der Waals surface area contributed by atoms with Crippen molar-refractivity contribution in [2.24, 2.45) is 0 Å². The molecule has 0 N–H and O–H groups in total. The van der Waals surface area contributed by atoms with Gasteiger partial charge in [0.05, 0.1) is 14.1 Å². The Kier molecular flexibility index (Phi) is 3.17. The van der Waals surface area contributed by atoms with E-state index in [4.69, 9.17) is 12.2 Å². The van der Waals surface area contributed by atoms with Crippen molar-refractivity contribution in [2.45, 2.75) is 8.42 Å². The Labute approximate surface area is 115 Å². The summed E-state index contributed by atoms with van der Waals surface area (Å²) < 4.78 is 3.63. The van der Waals surface area contributed by atoms with Crippen LogP contribution >= 0.6 is 58.4 Å². The van der Waals surface area contributed by atoms with Gasteiger partial charge in [0.15, 0.2) is 0 Å². The molecule has 0 amide bonds. The molecule has 1 nitrogen and oxygen atoms in total. The average molecular weight is 299 g/mol. The van der Waals surface area contributed by atoms with Gasteiger partial charge >= 0.3 is 0 Å². The molecule has 0 atom stereocenters. The number of aromatic nitrogens is 1. The molecule has 0 aliphatic carbocycles. The Morgan fingerprint density at radius 1 is 1.12 bits per heavy atom. The van der Waals surface area contributed by atoms with Gasteiger partial charge in [-0.2, -0.15) is 0 Å². The van der Waals surface area contributed by atoms with E-state index in [1.54, 1.807) is 46.2 Å². The zero-order valence-electron chi connectivity index (χ0n) is 7.88. The van der Waals surface area contributed by atoms with Gasteiger partial charge < -0.3 is 0 Å². The Balaban J connectivity index is 1.97. The van der Waals surface area contributed by atoms with Crippen molar-refractivity contribution in [3.63, 3.8) is 0 Å². The largest absolute Gasteiger partial charge is 0.256 e. The summed E-state index contributed by atoms with van der Waals surface area (Å²) in [6.45, 7) is 0. The van der Waals surface area contributed by atoms with E-state index >= 15 is 0 Å². The highest BCUT2D eigenvalue weighted by Gasteiger charge is 2.17. The predicted molar refractivity (Wildman–Crippen MR) is 77.0 cm³/mol. The number of thioether (sulfide) groups is 2. The molecule has 0 bridgehead atoms. The van der Waals surface area contributed by atoms with Crippen molar-refractivity contribution >= 4 is 63.3 Å². The van der Waals surface area contributed by atoms with Gasteiger partial charge in [-0.15, -0.1) is 22.7 Å². The van der Waals surface area contributed by atoms with E-state index in [1.165, 1.54) is 13.3 Å². The fourth-order valence-electron chi connectivity index (χ4n) is 1.24. The van der Waals surface area contributed by atoms with Gasteiger partial charge in [-0.05, 0) is 17.5 Å². The molecule has 0 aromatic carbocycles. The monoisotopic (exact) mass is 299 g/mol. The molecule has 1 aliphatic heterocycles. The van der Waals surface area contributed by atoms with Gasteiger partial charge in [0.1, 0.15) is 3.14 Å². The summed E-state index contributed by atoms with van der Waals surface area (Å²) in [4.78, 5) is 5.57. The molecule has 3 rings (SSSR count). The summed E-state index contributed by atoms with van der Waals surface area (Å²) in [6, 6.07) is 5.99. The van der Waals surface area contributed by atoms with E-state index < -0.39 is 0 Å². The van der Waals surface area contributed by atoms with Crippen molar-refractivity contribution in [1.29, 1.82) is 0 Å². The smallest absolute Gasteiger partial charge is 0.145 e. The summed E-state index contributed by atoms with van der Waals surface area (Å²) in [5.41, 5.74) is 1.04. The lowest BCUT2D eigenvalue weighted by Crippen LogP contribution is -1.86. The third-order valence-electron chi connectivity index (χ3n) is 1.91. The molecule has 3 heterocycles. The summed E-state index contributed by atoms with van der Waals surface area (Å²) in [6.07, 6.45) is 1.83. The lowest BCUT2D eigenvalue weighted by molar-refractivity contribution is 1.29. The van der Waals surface area contributed by atoms with Crippen LogP contribution in [0.1, 0.15) is 5.69 Å². The summed E-state index contributed by atoms with van der Waals surface area (Å²) in [7, 11) is 0. The Morgan fingerprint density at radius 3 is 2.81 bits per heavy atom. The van der Waals surface area contributed by atoms with Crippen LogP contribution in [0, 0.1) is 3.14 Å². The first-order valence-electron chi connectivity index (χ1n) is 4.43. The molecular weight excluding hydrogens is 294 g/mol. The predicted octanol–water partition coefficient (Wildman–Crippen LogP) is 5.13. The van der Waals surface area contributed by atoms with Gasteiger partial charge in [0.2, 0.25) is 0 Å². The van der Waals surface area contributed by atoms with E-state index in [2.05, 4.69) is 10.4 Å². The second kappa shape index (κ2) is 4.62. The van der Waals surface area contributed by atoms with Crippen molar-refractivity contribution < 1.29 is 0 Å². The highest BCUT2D eigenvalue weighted by atomic mass is 32.2. The topological polar surface area (TPSA) is 12.9 Å². The Hall–Kier alpha value is -0.140. The number of rotatable bonds is 1. The zero-order valence-corrected chi connectivity index (χ0v) is 12.0. The Morgan fingerprint density at radius 2 is 2.00 bits per heavy atom. The molecule has 6 heteroatoms. The van der Waals surface area contributed by atoms with Crippen LogP contribution in [0.3, 0.4) is 0 Å². The highest BCUT2D eigenvalue weighted by molar-refractivity contribution is 8.14. The second-order valence-electron chi connectivity index (χ2n) is 2.95. The SMILES string of the molecule is S=c1sc2c(s1)SC(c1ccccn1)=CS2. The van der Waals surface area contributed by atoms with Crippen LogP contribution in [0.25, 0.3) is 4.91 Å². The maximum Gasteiger partial charge on any atom is 0.145 e. The van der Waals surface area contributed by atoms with E-state index in [9.17, 15) is 0 Å². The summed E-state index contributed by atoms with van der Waals surface area (Å²) in [5, 5.41) is 2.16. The van der Waals surface area contributed by atoms with Crippen molar-refractivity contribution in [2.75, 3.05) is 0 Å². The molecule has 0 unspecified atom stereocenters. The normalized spacial score (nSPS) is 14.4. The van der Waals surface area contributed by atoms with Crippen LogP contribution in [0.2, 0.25) is 0 Å². The maximum atomic E-state index is 5.21. The number of fused-ring (bicyclic) bond motifs is 1. The lowest BCUT2D eigenvalue weighted by atomic mass is 10.3. The van der Waals surface area contributed by atoms with Crippen LogP contribution < -0.4 is 0 Å². The number of pyridine rings is 1. The molecule has 0 radical (unpaired) electrons. The van der Waals surface area contributed by atoms with Crippen molar-refractivity contribution in [1.82, 2.24) is 4.98 Å². The van der Waals surface area contributed by atoms with Gasteiger partial charge in [0, 0.05) is 11.1 Å². The third kappa shape index (κ3) is 2.12. The maximum absolute atomic E-state index is 5.21. The molecule has 0 saturated heterocycles. The van der Waals surface area contributed by atoms with E-state index in [-0.39, 0.29) is 0 Å². The standard InChI is InChI=1S/C10H5NS5/c12-10-15-8-9(16-10)14-7(5-13-8)6-3-1-2-4-11-6/h1-5H. The van der Waals surface area contributed by atoms with E-state index in [1.807, 2.05) is 24.4 Å². The highest BCUT2D eigenvalue weighted by Crippen LogP contribution is 2.51. The van der Waals surface area contributed by atoms with E-state index in [0.717, 1.165) is 8.83 Å². The zero-order chi connectivity index (χ0) is 11.0. The van der Waals surface area contributed by atoms with Crippen LogP contribution in [-0.4, -0.2) is 4.98 Å². The van der Waals surface area contributed by atoms with Crippen LogP contribution in [-0.2, 0) is 0 Å². The molecule has 0 saturated carbocycles. The molecule has 80 valence electrons. The molecule has 2 aromatic rings. The number of hydrogen-bond acceptors (Lipinski definition) is 6. The van der Waals surface area contributed by atoms with Crippen molar-refractivity contribution in [3.8, 4) is 0 Å². The average Bonchev–Trinajstić information content (AvgIpc) is 2.69. The minimum absolute atomic E-state index is 1.00. The fourth-order valence-corrected chi connectivity index (χ4v) is 7.10. The third-order valence-corrected chi connectivity index (χ3v) is 7.44. The second-order valence-corrected chi connectivity index (χ2v) is 8.62. The van der Waals surface area contributed by atoms with E-state index in [0.29, 0.717) is 0 Å². The van der Waals surface area contributed by atoms with Crippen LogP contribution in [0.4, 0.5) is 0 Å². The van der Waals surface area contributed by atoms with Crippen LogP contribution in [0.15, 0.2) is 38.2 Å². The first-order valence-corrected chi connectivity index (χ1v) is 8.17. The van der Waals surface area contributed by atoms with Crippen LogP contribution in [0.5, 0.6) is 0 Å². The van der Waals surface area contributed by atoms with Gasteiger partial charge in [-0.3, -0.25) is 4.98 Å². The minimum atomic E-state index is 1.00. The molecular formula is C10H5NS5. The number of hydrogen-bond donors (Lipinski definition) is 0. The fraction of sp³-hybridized carbons (Fsp3) is 0. The van der Waals surface area contributed by atoms with Crippen molar-refractivity contribution in [3.05, 3.63) is 38.6 Å². The first-order chi connectivity index (χ1) is 7.83. The number of nitrogens with zero attached hydrogens (tertiary/aromatic N) is 1. The Bertz CT molecular complexity index is 595. The molecule has 0 fully saturated rings. The van der Waals surface area contributed by atoms with Gasteiger partial charge in [-0.1, -0.05) is 41.8 Å². The lowest BCUT2D eigenvalue weighted by Gasteiger charge is -2.10. The minimum Gasteiger partial charge on any atom is -0.256 e. The summed E-state index contributed by atoms with van der Waals surface area (Å²) in [5.74, 6) is 0. The molecule has 1 aliphatic rings. The quantitative estimate of drug-likeness (QED) is 0.677. The molecule has 2 aromatic heterocycles. The van der Waals surface area contributed by atoms with Gasteiger partial charge in [-0.25, -0.2) is 0 Å². The summed E-state index contributed by atoms with van der Waals surface area (Å²) >= 11 is 12.1. The molecule has 0 spiro atoms. The van der Waals surface area contributed by atoms with Gasteiger partial charge in [0.25, 0.3) is 0 Å². The molecule has 16 heavy (non-hydrogen) atoms. The first kappa shape index (κ1) is 11.0.